The zero-order valence-electron chi connectivity index (χ0n) is 12.5. The maximum absolute atomic E-state index is 13.7. The molecule has 0 heterocycles. The number of para-hydroxylation sites is 1. The van der Waals surface area contributed by atoms with Gasteiger partial charge < -0.3 is 5.32 Å². The maximum Gasteiger partial charge on any atom is 0.232 e. The molecule has 0 aliphatic heterocycles. The summed E-state index contributed by atoms with van der Waals surface area (Å²) in [6.07, 6.45) is 1.53. The van der Waals surface area contributed by atoms with E-state index in [1.165, 1.54) is 18.2 Å². The van der Waals surface area contributed by atoms with Gasteiger partial charge in [0.2, 0.25) is 15.9 Å². The van der Waals surface area contributed by atoms with E-state index < -0.39 is 15.8 Å². The van der Waals surface area contributed by atoms with E-state index in [1.54, 1.807) is 6.07 Å². The first kappa shape index (κ1) is 17.4. The van der Waals surface area contributed by atoms with Crippen molar-refractivity contribution >= 4 is 21.6 Å². The van der Waals surface area contributed by atoms with Gasteiger partial charge >= 0.3 is 0 Å². The van der Waals surface area contributed by atoms with Crippen LogP contribution in [0.3, 0.4) is 0 Å². The Morgan fingerprint density at radius 3 is 2.48 bits per heavy atom. The lowest BCUT2D eigenvalue weighted by Gasteiger charge is -2.22. The number of nitrogens with zero attached hydrogens (tertiary/aromatic N) is 1. The molecule has 7 heteroatoms. The van der Waals surface area contributed by atoms with Gasteiger partial charge in [0, 0.05) is 19.0 Å². The molecule has 0 saturated heterocycles. The summed E-state index contributed by atoms with van der Waals surface area (Å²) in [4.78, 5) is 11.5. The van der Waals surface area contributed by atoms with Crippen LogP contribution in [0.5, 0.6) is 0 Å². The first-order valence-corrected chi connectivity index (χ1v) is 8.58. The summed E-state index contributed by atoms with van der Waals surface area (Å²) in [5.41, 5.74) is 0.00395. The standard InChI is InChI=1S/C14H21FN2O3S/c1-11(2)16-14(18)9-6-10-17(21(3,19)20)13-8-5-4-7-12(13)15/h4-5,7-8,11H,6,9-10H2,1-3H3,(H,16,18). The Hall–Kier alpha value is -1.63. The Morgan fingerprint density at radius 2 is 1.95 bits per heavy atom. The largest absolute Gasteiger partial charge is 0.354 e. The summed E-state index contributed by atoms with van der Waals surface area (Å²) in [6, 6.07) is 5.72. The van der Waals surface area contributed by atoms with Crippen LogP contribution in [0.4, 0.5) is 10.1 Å². The lowest BCUT2D eigenvalue weighted by Crippen LogP contribution is -2.34. The highest BCUT2D eigenvalue weighted by atomic mass is 32.2. The molecule has 0 atom stereocenters. The summed E-state index contributed by atoms with van der Waals surface area (Å²) in [6.45, 7) is 3.76. The minimum Gasteiger partial charge on any atom is -0.354 e. The maximum atomic E-state index is 13.7. The average Bonchev–Trinajstić information content (AvgIpc) is 2.33. The number of nitrogens with one attached hydrogen (secondary N) is 1. The van der Waals surface area contributed by atoms with Gasteiger partial charge in [-0.3, -0.25) is 9.10 Å². The van der Waals surface area contributed by atoms with E-state index in [2.05, 4.69) is 5.32 Å². The minimum absolute atomic E-state index is 0.00395. The van der Waals surface area contributed by atoms with E-state index in [4.69, 9.17) is 0 Å². The summed E-state index contributed by atoms with van der Waals surface area (Å²) in [7, 11) is -3.60. The van der Waals surface area contributed by atoms with Crippen molar-refractivity contribution in [3.8, 4) is 0 Å². The number of hydrogen-bond acceptors (Lipinski definition) is 3. The molecule has 0 fully saturated rings. The number of halogens is 1. The van der Waals surface area contributed by atoms with Crippen LogP contribution in [-0.2, 0) is 14.8 Å². The summed E-state index contributed by atoms with van der Waals surface area (Å²) in [5.74, 6) is -0.749. The highest BCUT2D eigenvalue weighted by molar-refractivity contribution is 7.92. The van der Waals surface area contributed by atoms with Gasteiger partial charge in [-0.15, -0.1) is 0 Å². The van der Waals surface area contributed by atoms with Crippen LogP contribution in [0.2, 0.25) is 0 Å². The zero-order chi connectivity index (χ0) is 16.0. The minimum atomic E-state index is -3.60. The zero-order valence-corrected chi connectivity index (χ0v) is 13.3. The third-order valence-corrected chi connectivity index (χ3v) is 3.92. The first-order valence-electron chi connectivity index (χ1n) is 6.73. The Bertz CT molecular complexity index is 588. The summed E-state index contributed by atoms with van der Waals surface area (Å²) >= 11 is 0. The van der Waals surface area contributed by atoms with Crippen LogP contribution in [-0.4, -0.2) is 33.2 Å². The second-order valence-electron chi connectivity index (χ2n) is 5.11. The summed E-state index contributed by atoms with van der Waals surface area (Å²) in [5, 5.41) is 2.73. The molecule has 21 heavy (non-hydrogen) atoms. The van der Waals surface area contributed by atoms with Gasteiger partial charge in [0.05, 0.1) is 11.9 Å². The highest BCUT2D eigenvalue weighted by Gasteiger charge is 2.20. The van der Waals surface area contributed by atoms with Crippen molar-refractivity contribution in [1.82, 2.24) is 5.32 Å². The molecule has 0 unspecified atom stereocenters. The van der Waals surface area contributed by atoms with Crippen LogP contribution in [0, 0.1) is 5.82 Å². The number of anilines is 1. The Balaban J connectivity index is 2.74. The van der Waals surface area contributed by atoms with Gasteiger partial charge in [-0.25, -0.2) is 12.8 Å². The SMILES string of the molecule is CC(C)NC(=O)CCCN(c1ccccc1F)S(C)(=O)=O. The molecule has 1 aromatic carbocycles. The fraction of sp³-hybridized carbons (Fsp3) is 0.500. The van der Waals surface area contributed by atoms with Crippen LogP contribution < -0.4 is 9.62 Å². The van der Waals surface area contributed by atoms with E-state index >= 15 is 0 Å². The van der Waals surface area contributed by atoms with Crippen molar-refractivity contribution in [2.24, 2.45) is 0 Å². The number of carbonyl (C=O) groups is 1. The van der Waals surface area contributed by atoms with E-state index in [9.17, 15) is 17.6 Å². The van der Waals surface area contributed by atoms with Crippen molar-refractivity contribution in [2.75, 3.05) is 17.1 Å². The van der Waals surface area contributed by atoms with Gasteiger partial charge in [-0.1, -0.05) is 12.1 Å². The molecule has 1 amide bonds. The number of rotatable bonds is 7. The molecule has 0 spiro atoms. The topological polar surface area (TPSA) is 66.5 Å². The fourth-order valence-corrected chi connectivity index (χ4v) is 2.86. The van der Waals surface area contributed by atoms with Gasteiger partial charge in [0.15, 0.2) is 0 Å². The number of hydrogen-bond donors (Lipinski definition) is 1. The van der Waals surface area contributed by atoms with E-state index in [0.29, 0.717) is 6.42 Å². The van der Waals surface area contributed by atoms with E-state index in [1.807, 2.05) is 13.8 Å². The molecular weight excluding hydrogens is 295 g/mol. The van der Waals surface area contributed by atoms with Crippen LogP contribution in [0.25, 0.3) is 0 Å². The molecule has 0 bridgehead atoms. The molecule has 0 saturated carbocycles. The smallest absolute Gasteiger partial charge is 0.232 e. The molecule has 1 aromatic rings. The predicted molar refractivity (Wildman–Crippen MR) is 81.1 cm³/mol. The Morgan fingerprint density at radius 1 is 1.33 bits per heavy atom. The average molecular weight is 316 g/mol. The Labute approximate surface area is 125 Å². The monoisotopic (exact) mass is 316 g/mol. The number of benzene rings is 1. The molecule has 118 valence electrons. The fourth-order valence-electron chi connectivity index (χ4n) is 1.90. The van der Waals surface area contributed by atoms with Crippen molar-refractivity contribution < 1.29 is 17.6 Å². The summed E-state index contributed by atoms with van der Waals surface area (Å²) < 4.78 is 38.3. The van der Waals surface area contributed by atoms with Crippen LogP contribution in [0.1, 0.15) is 26.7 Å². The third kappa shape index (κ3) is 5.71. The predicted octanol–water partition coefficient (Wildman–Crippen LogP) is 1.90. The highest BCUT2D eigenvalue weighted by Crippen LogP contribution is 2.21. The quantitative estimate of drug-likeness (QED) is 0.835. The van der Waals surface area contributed by atoms with Crippen molar-refractivity contribution in [3.63, 3.8) is 0 Å². The van der Waals surface area contributed by atoms with Gasteiger partial charge in [-0.05, 0) is 32.4 Å². The molecule has 1 rings (SSSR count). The normalized spacial score (nSPS) is 11.5. The molecule has 0 aliphatic carbocycles. The van der Waals surface area contributed by atoms with E-state index in [-0.39, 0.29) is 30.6 Å². The lowest BCUT2D eigenvalue weighted by molar-refractivity contribution is -0.121. The van der Waals surface area contributed by atoms with Crippen LogP contribution in [0.15, 0.2) is 24.3 Å². The molecule has 0 aromatic heterocycles. The molecule has 1 N–H and O–H groups in total. The lowest BCUT2D eigenvalue weighted by atomic mass is 10.2. The van der Waals surface area contributed by atoms with Crippen molar-refractivity contribution in [2.45, 2.75) is 32.7 Å². The van der Waals surface area contributed by atoms with Gasteiger partial charge in [0.1, 0.15) is 5.82 Å². The second-order valence-corrected chi connectivity index (χ2v) is 7.02. The Kier molecular flexibility index (Phi) is 6.14. The van der Waals surface area contributed by atoms with Gasteiger partial charge in [0.25, 0.3) is 0 Å². The van der Waals surface area contributed by atoms with Crippen LogP contribution >= 0.6 is 0 Å². The molecule has 0 radical (unpaired) electrons. The first-order chi connectivity index (χ1) is 9.71. The third-order valence-electron chi connectivity index (χ3n) is 2.74. The van der Waals surface area contributed by atoms with E-state index in [0.717, 1.165) is 10.6 Å². The molecular formula is C14H21FN2O3S. The molecule has 5 nitrogen and oxygen atoms in total. The van der Waals surface area contributed by atoms with Gasteiger partial charge in [-0.2, -0.15) is 0 Å². The number of amides is 1. The van der Waals surface area contributed by atoms with Crippen molar-refractivity contribution in [3.05, 3.63) is 30.1 Å². The van der Waals surface area contributed by atoms with Crippen molar-refractivity contribution in [1.29, 1.82) is 0 Å². The molecule has 0 aliphatic rings. The second kappa shape index (κ2) is 7.40. The number of sulfonamides is 1. The number of carbonyl (C=O) groups excluding carboxylic acids is 1.